The average molecular weight is 1300 g/mol. The van der Waals surface area contributed by atoms with Crippen LogP contribution in [-0.2, 0) is 38.8 Å². The lowest BCUT2D eigenvalue weighted by Gasteiger charge is -2.17. The van der Waals surface area contributed by atoms with Crippen molar-refractivity contribution in [3.8, 4) is 0 Å². The minimum Gasteiger partial charge on any atom is -0.449 e. The zero-order valence-electron chi connectivity index (χ0n) is 62.3. The summed E-state index contributed by atoms with van der Waals surface area (Å²) in [6.07, 6.45) is 41.8. The van der Waals surface area contributed by atoms with Gasteiger partial charge in [-0.15, -0.1) is 20.4 Å². The largest absolute Gasteiger partial charge is 0.449 e. The van der Waals surface area contributed by atoms with Crippen LogP contribution in [0.15, 0.2) is 101 Å². The van der Waals surface area contributed by atoms with Crippen LogP contribution in [0.25, 0.3) is 0 Å². The highest BCUT2D eigenvalue weighted by molar-refractivity contribution is 5.98. The van der Waals surface area contributed by atoms with Crippen LogP contribution in [0.1, 0.15) is 300 Å². The molecule has 8 rings (SSSR count). The second kappa shape index (κ2) is 44.3. The highest BCUT2D eigenvalue weighted by Gasteiger charge is 2.17. The molecule has 0 atom stereocenters. The number of oxazole rings is 2. The Bertz CT molecular complexity index is 2530. The van der Waals surface area contributed by atoms with Crippen LogP contribution >= 0.6 is 0 Å². The first-order valence-corrected chi connectivity index (χ1v) is 33.7. The standard InChI is InChI=1S/C10H18N2.C10H17NO.C9H17N3.C9H16N2O.C9H16N2.C9H15NO.C8H15N3.C8H14N2O.CH4/c1-10(2,3)7-4-5-9-6-8-11-12-9;1-10(2,3)6-4-5-9-11-7-8-12-9;1-9(2,3)5-4-6-12-8-10-7-11-12;1-9(2,3)6-4-5-8-11-10-7-12-8;1-9(2,3)6-4-8-5-7-10-11-8;1-9(2,3)5-4-8-10-6-7-11-8;1-8(2,3)4-5-11-7-9-6-10-11;1-8(2,3)5-4-7-10-9-6-11-7;/h8H,4-7H2,1-3H3;2*7-8H,4-6H2,1-3H3;7H,4-6H2,1-3H3;7H,4-6H2,1-3H3;2*6-7H,4-5H2,1-3H3;6H,4-5H2,1-3H3;1H4. The molecule has 528 valence electrons. The fraction of sp³-hybridized carbons (Fsp3) is 0.753. The quantitative estimate of drug-likeness (QED) is 0.0691. The molecule has 0 fully saturated rings. The van der Waals surface area contributed by atoms with Crippen LogP contribution in [0.3, 0.4) is 0 Å². The van der Waals surface area contributed by atoms with Crippen LogP contribution in [0.4, 0.5) is 0 Å². The SMILES string of the molecule is C.CC(C)(C)CCC1=NN=CC1.CC(C)(C)CCCC1=NN=CC1.CC(C)(C)CCCc1ncco1.CC(C)(C)CCCc1nnco1.CC(C)(C)CCCn1cncn1.CC(C)(C)CCc1ncco1.CC(C)(C)CCc1nnco1.CC(C)(C)CCn1cncn1. The molecule has 0 spiro atoms. The van der Waals surface area contributed by atoms with Crippen molar-refractivity contribution in [1.29, 1.82) is 0 Å². The first-order valence-electron chi connectivity index (χ1n) is 33.7. The van der Waals surface area contributed by atoms with E-state index < -0.39 is 0 Å². The first-order chi connectivity index (χ1) is 42.6. The maximum Gasteiger partial charge on any atom is 0.216 e. The van der Waals surface area contributed by atoms with E-state index in [-0.39, 0.29) is 7.43 Å². The summed E-state index contributed by atoms with van der Waals surface area (Å²) in [6, 6.07) is 0. The molecular formula is C73H132N16O4. The molecule has 6 aromatic heterocycles. The Morgan fingerprint density at radius 1 is 0.366 bits per heavy atom. The number of aryl methyl sites for hydroxylation is 6. The van der Waals surface area contributed by atoms with Crippen molar-refractivity contribution in [2.24, 2.45) is 63.7 Å². The highest BCUT2D eigenvalue weighted by atomic mass is 16.4. The van der Waals surface area contributed by atoms with Gasteiger partial charge in [0.25, 0.3) is 0 Å². The molecular weight excluding hydrogens is 1160 g/mol. The molecule has 2 aliphatic heterocycles. The van der Waals surface area contributed by atoms with Crippen LogP contribution in [0, 0.1) is 43.3 Å². The molecule has 93 heavy (non-hydrogen) atoms. The third kappa shape index (κ3) is 58.0. The molecule has 0 aliphatic carbocycles. The number of nitrogens with zero attached hydrogens (tertiary/aromatic N) is 16. The summed E-state index contributed by atoms with van der Waals surface area (Å²) >= 11 is 0. The fourth-order valence-electron chi connectivity index (χ4n) is 8.05. The van der Waals surface area contributed by atoms with E-state index in [0.717, 1.165) is 120 Å². The number of rotatable bonds is 20. The molecule has 20 heteroatoms. The smallest absolute Gasteiger partial charge is 0.216 e. The highest BCUT2D eigenvalue weighted by Crippen LogP contribution is 2.26. The Balaban J connectivity index is 0.00000104. The van der Waals surface area contributed by atoms with Crippen molar-refractivity contribution in [3.05, 3.63) is 86.6 Å². The van der Waals surface area contributed by atoms with E-state index in [1.54, 1.807) is 50.2 Å². The van der Waals surface area contributed by atoms with E-state index >= 15 is 0 Å². The minimum absolute atomic E-state index is 0. The van der Waals surface area contributed by atoms with Gasteiger partial charge in [0.05, 0.1) is 12.4 Å². The number of hydrogen-bond donors (Lipinski definition) is 0. The molecule has 0 amide bonds. The Morgan fingerprint density at radius 3 is 1.05 bits per heavy atom. The topological polar surface area (TPSA) is 241 Å². The van der Waals surface area contributed by atoms with Crippen molar-refractivity contribution in [2.45, 2.75) is 315 Å². The van der Waals surface area contributed by atoms with E-state index in [9.17, 15) is 0 Å². The van der Waals surface area contributed by atoms with Crippen molar-refractivity contribution < 1.29 is 17.7 Å². The summed E-state index contributed by atoms with van der Waals surface area (Å²) in [5, 5.41) is 38.7. The van der Waals surface area contributed by atoms with Gasteiger partial charge >= 0.3 is 0 Å². The Hall–Kier alpha value is -6.34. The third-order valence-electron chi connectivity index (χ3n) is 13.7. The lowest BCUT2D eigenvalue weighted by molar-refractivity contribution is 0.341. The van der Waals surface area contributed by atoms with Gasteiger partial charge in [-0.25, -0.2) is 19.9 Å². The molecule has 0 N–H and O–H groups in total. The summed E-state index contributed by atoms with van der Waals surface area (Å²) in [5.41, 5.74) is 5.71. The van der Waals surface area contributed by atoms with Gasteiger partial charge in [-0.3, -0.25) is 9.36 Å². The van der Waals surface area contributed by atoms with Crippen LogP contribution in [0.5, 0.6) is 0 Å². The zero-order chi connectivity index (χ0) is 69.4. The molecule has 0 saturated heterocycles. The van der Waals surface area contributed by atoms with Gasteiger partial charge in [-0.05, 0) is 133 Å². The lowest BCUT2D eigenvalue weighted by atomic mass is 9.89. The van der Waals surface area contributed by atoms with E-state index in [4.69, 9.17) is 17.7 Å². The van der Waals surface area contributed by atoms with Crippen molar-refractivity contribution in [2.75, 3.05) is 0 Å². The zero-order valence-corrected chi connectivity index (χ0v) is 62.3. The Kier molecular flexibility index (Phi) is 41.3. The van der Waals surface area contributed by atoms with Gasteiger partial charge in [0, 0.05) is 75.5 Å². The van der Waals surface area contributed by atoms with Crippen LogP contribution in [-0.4, -0.2) is 83.7 Å². The molecule has 0 unspecified atom stereocenters. The average Bonchev–Trinajstić information content (AvgIpc) is 4.12. The molecule has 0 radical (unpaired) electrons. The number of aromatic nitrogens is 12. The van der Waals surface area contributed by atoms with Gasteiger partial charge < -0.3 is 17.7 Å². The van der Waals surface area contributed by atoms with E-state index in [1.807, 2.05) is 21.8 Å². The van der Waals surface area contributed by atoms with Gasteiger partial charge in [-0.1, -0.05) is 174 Å². The molecule has 0 aromatic carbocycles. The van der Waals surface area contributed by atoms with Crippen LogP contribution in [0.2, 0.25) is 0 Å². The second-order valence-electron chi connectivity index (χ2n) is 33.6. The normalized spacial score (nSPS) is 13.0. The Morgan fingerprint density at radius 2 is 0.710 bits per heavy atom. The predicted molar refractivity (Wildman–Crippen MR) is 385 cm³/mol. The fourth-order valence-corrected chi connectivity index (χ4v) is 8.05. The van der Waals surface area contributed by atoms with Gasteiger partial charge in [0.2, 0.25) is 24.6 Å². The van der Waals surface area contributed by atoms with Gasteiger partial charge in [0.1, 0.15) is 37.8 Å². The Labute approximate surface area is 564 Å². The van der Waals surface area contributed by atoms with Crippen molar-refractivity contribution in [3.63, 3.8) is 0 Å². The molecule has 2 aliphatic rings. The van der Waals surface area contributed by atoms with Gasteiger partial charge in [-0.2, -0.15) is 30.6 Å². The summed E-state index contributed by atoms with van der Waals surface area (Å²) in [6.45, 7) is 55.7. The summed E-state index contributed by atoms with van der Waals surface area (Å²) in [4.78, 5) is 15.9. The molecule has 6 aromatic rings. The maximum absolute atomic E-state index is 5.14. The molecule has 0 saturated carbocycles. The predicted octanol–water partition coefficient (Wildman–Crippen LogP) is 20.3. The summed E-state index contributed by atoms with van der Waals surface area (Å²) in [7, 11) is 0. The second-order valence-corrected chi connectivity index (χ2v) is 33.6. The third-order valence-corrected chi connectivity index (χ3v) is 13.7. The van der Waals surface area contributed by atoms with Crippen LogP contribution < -0.4 is 0 Å². The van der Waals surface area contributed by atoms with E-state index in [0.29, 0.717) is 43.3 Å². The monoisotopic (exact) mass is 1300 g/mol. The lowest BCUT2D eigenvalue weighted by Crippen LogP contribution is -2.10. The maximum atomic E-state index is 5.14. The van der Waals surface area contributed by atoms with Gasteiger partial charge in [0.15, 0.2) is 11.8 Å². The minimum atomic E-state index is 0. The first kappa shape index (κ1) is 86.7. The van der Waals surface area contributed by atoms with Crippen molar-refractivity contribution >= 4 is 23.9 Å². The molecule has 0 bridgehead atoms. The molecule has 8 heterocycles. The van der Waals surface area contributed by atoms with Crippen molar-refractivity contribution in [1.82, 2.24) is 59.9 Å². The number of hydrogen-bond acceptors (Lipinski definition) is 18. The molecule has 20 nitrogen and oxygen atoms in total. The summed E-state index contributed by atoms with van der Waals surface area (Å²) in [5.74, 6) is 3.19. The summed E-state index contributed by atoms with van der Waals surface area (Å²) < 4.78 is 24.0. The van der Waals surface area contributed by atoms with E-state index in [1.165, 1.54) is 69.2 Å². The van der Waals surface area contributed by atoms with E-state index in [2.05, 4.69) is 237 Å².